The van der Waals surface area contributed by atoms with E-state index in [1.807, 2.05) is 0 Å². The maximum Gasteiger partial charge on any atom is 0.333 e. The van der Waals surface area contributed by atoms with Gasteiger partial charge in [-0.05, 0) is 43.9 Å². The highest BCUT2D eigenvalue weighted by Crippen LogP contribution is 2.34. The largest absolute Gasteiger partial charge is 0.460 e. The number of benzene rings is 1. The summed E-state index contributed by atoms with van der Waals surface area (Å²) in [4.78, 5) is 11.5. The molecule has 1 heterocycles. The van der Waals surface area contributed by atoms with Gasteiger partial charge >= 0.3 is 5.97 Å². The second-order valence-corrected chi connectivity index (χ2v) is 8.79. The lowest BCUT2D eigenvalue weighted by Gasteiger charge is -2.24. The second-order valence-electron chi connectivity index (χ2n) is 8.79. The summed E-state index contributed by atoms with van der Waals surface area (Å²) in [5, 5.41) is 11.4. The lowest BCUT2D eigenvalue weighted by molar-refractivity contribution is -0.143. The minimum absolute atomic E-state index is 0.0955. The van der Waals surface area contributed by atoms with Crippen molar-refractivity contribution in [1.29, 1.82) is 0 Å². The Morgan fingerprint density at radius 3 is 2.76 bits per heavy atom. The first kappa shape index (κ1) is 25.0. The molecule has 0 bridgehead atoms. The summed E-state index contributed by atoms with van der Waals surface area (Å²) in [6.45, 7) is 10.6. The predicted molar refractivity (Wildman–Crippen MR) is 134 cm³/mol. The standard InChI is InChI=1S/C28H37NO4/c1-5-7-10-15-29-26-12-9-8-11-22(26)17-27(29)25-14-13-24(16-21(25)6-2)32-18-23(30)19-33-28(31)20(3)4/h8-9,11-14,17,23-24,30H,3,5-7,10,15-16,18-19H2,1-2,4H3. The molecule has 1 N–H and O–H groups in total. The maximum atomic E-state index is 11.5. The molecule has 1 aliphatic carbocycles. The maximum absolute atomic E-state index is 11.5. The van der Waals surface area contributed by atoms with E-state index in [1.165, 1.54) is 47.0 Å². The molecule has 33 heavy (non-hydrogen) atoms. The Kier molecular flexibility index (Phi) is 9.10. The molecule has 0 aliphatic heterocycles. The number of fused-ring (bicyclic) bond motifs is 1. The average Bonchev–Trinajstić information content (AvgIpc) is 3.19. The molecular formula is C28H37NO4. The van der Waals surface area contributed by atoms with Crippen LogP contribution in [0.3, 0.4) is 0 Å². The van der Waals surface area contributed by atoms with Gasteiger partial charge in [0, 0.05) is 28.7 Å². The van der Waals surface area contributed by atoms with Crippen molar-refractivity contribution < 1.29 is 19.4 Å². The fraction of sp³-hybridized carbons (Fsp3) is 0.464. The Bertz CT molecular complexity index is 1030. The van der Waals surface area contributed by atoms with Crippen LogP contribution in [0.4, 0.5) is 0 Å². The third-order valence-corrected chi connectivity index (χ3v) is 6.06. The van der Waals surface area contributed by atoms with Gasteiger partial charge in [0.1, 0.15) is 12.7 Å². The highest BCUT2D eigenvalue weighted by Gasteiger charge is 2.21. The number of aliphatic hydroxyl groups is 1. The summed E-state index contributed by atoms with van der Waals surface area (Å²) < 4.78 is 13.4. The smallest absolute Gasteiger partial charge is 0.333 e. The van der Waals surface area contributed by atoms with Gasteiger partial charge in [0.15, 0.2) is 0 Å². The molecule has 0 amide bonds. The number of ether oxygens (including phenoxy) is 2. The minimum atomic E-state index is -0.863. The third kappa shape index (κ3) is 6.46. The number of para-hydroxylation sites is 1. The minimum Gasteiger partial charge on any atom is -0.460 e. The lowest BCUT2D eigenvalue weighted by atomic mass is 9.91. The van der Waals surface area contributed by atoms with Crippen LogP contribution in [0.1, 0.15) is 58.6 Å². The van der Waals surface area contributed by atoms with Gasteiger partial charge in [0.2, 0.25) is 0 Å². The van der Waals surface area contributed by atoms with Crippen LogP contribution in [-0.2, 0) is 20.8 Å². The molecule has 5 nitrogen and oxygen atoms in total. The number of hydrogen-bond acceptors (Lipinski definition) is 4. The van der Waals surface area contributed by atoms with Crippen molar-refractivity contribution in [2.24, 2.45) is 0 Å². The highest BCUT2D eigenvalue weighted by molar-refractivity contribution is 5.89. The molecule has 0 saturated carbocycles. The van der Waals surface area contributed by atoms with E-state index in [4.69, 9.17) is 9.47 Å². The van der Waals surface area contributed by atoms with Gasteiger partial charge in [-0.25, -0.2) is 4.79 Å². The predicted octanol–water partition coefficient (Wildman–Crippen LogP) is 5.82. The van der Waals surface area contributed by atoms with Crippen molar-refractivity contribution in [3.63, 3.8) is 0 Å². The SMILES string of the molecule is C=C(C)C(=O)OCC(O)COC1C=CC(c2cc3ccccc3n2CCCCC)=C(CC)C1. The van der Waals surface area contributed by atoms with Gasteiger partial charge in [-0.2, -0.15) is 0 Å². The van der Waals surface area contributed by atoms with Crippen molar-refractivity contribution in [3.05, 3.63) is 65.9 Å². The number of nitrogens with zero attached hydrogens (tertiary/aromatic N) is 1. The molecule has 5 heteroatoms. The Morgan fingerprint density at radius 2 is 2.03 bits per heavy atom. The summed E-state index contributed by atoms with van der Waals surface area (Å²) in [5.41, 5.74) is 5.50. The first-order valence-electron chi connectivity index (χ1n) is 12.1. The van der Waals surface area contributed by atoms with Crippen LogP contribution in [0.15, 0.2) is 60.2 Å². The molecule has 2 aromatic rings. The highest BCUT2D eigenvalue weighted by atomic mass is 16.5. The number of allylic oxidation sites excluding steroid dienone is 2. The van der Waals surface area contributed by atoms with Gasteiger partial charge in [0.05, 0.1) is 12.7 Å². The van der Waals surface area contributed by atoms with Crippen LogP contribution < -0.4 is 0 Å². The first-order valence-corrected chi connectivity index (χ1v) is 12.1. The normalized spacial score (nSPS) is 16.9. The van der Waals surface area contributed by atoms with E-state index in [1.54, 1.807) is 6.92 Å². The van der Waals surface area contributed by atoms with Gasteiger partial charge < -0.3 is 19.1 Å². The van der Waals surface area contributed by atoms with Crippen LogP contribution in [-0.4, -0.2) is 41.1 Å². The van der Waals surface area contributed by atoms with Gasteiger partial charge in [0.25, 0.3) is 0 Å². The second kappa shape index (κ2) is 12.0. The van der Waals surface area contributed by atoms with E-state index in [2.05, 4.69) is 67.5 Å². The lowest BCUT2D eigenvalue weighted by Crippen LogP contribution is -2.27. The number of carbonyl (C=O) groups is 1. The Morgan fingerprint density at radius 1 is 1.24 bits per heavy atom. The number of esters is 1. The Hall–Kier alpha value is -2.63. The summed E-state index contributed by atoms with van der Waals surface area (Å²) >= 11 is 0. The summed E-state index contributed by atoms with van der Waals surface area (Å²) in [6, 6.07) is 10.9. The fourth-order valence-electron chi connectivity index (χ4n) is 4.23. The average molecular weight is 452 g/mol. The molecule has 3 rings (SSSR count). The number of aryl methyl sites for hydroxylation is 1. The molecule has 1 aromatic carbocycles. The molecule has 2 atom stereocenters. The molecule has 2 unspecified atom stereocenters. The van der Waals surface area contributed by atoms with Gasteiger partial charge in [-0.1, -0.05) is 69.2 Å². The van der Waals surface area contributed by atoms with Crippen LogP contribution in [0.25, 0.3) is 16.5 Å². The number of aromatic nitrogens is 1. The van der Waals surface area contributed by atoms with Crippen molar-refractivity contribution in [3.8, 4) is 0 Å². The van der Waals surface area contributed by atoms with E-state index < -0.39 is 12.1 Å². The summed E-state index contributed by atoms with van der Waals surface area (Å²) in [5.74, 6) is -0.498. The summed E-state index contributed by atoms with van der Waals surface area (Å²) in [7, 11) is 0. The van der Waals surface area contributed by atoms with Crippen LogP contribution in [0, 0.1) is 0 Å². The first-order chi connectivity index (χ1) is 15.9. The third-order valence-electron chi connectivity index (χ3n) is 6.06. The Balaban J connectivity index is 1.71. The van der Waals surface area contributed by atoms with Crippen molar-refractivity contribution >= 4 is 22.4 Å². The van der Waals surface area contributed by atoms with E-state index in [0.717, 1.165) is 19.4 Å². The molecule has 1 aliphatic rings. The topological polar surface area (TPSA) is 60.7 Å². The molecule has 0 saturated heterocycles. The molecule has 1 aromatic heterocycles. The Labute approximate surface area is 197 Å². The van der Waals surface area contributed by atoms with Crippen molar-refractivity contribution in [2.75, 3.05) is 13.2 Å². The monoisotopic (exact) mass is 451 g/mol. The number of hydrogen-bond donors (Lipinski definition) is 1. The number of carbonyl (C=O) groups excluding carboxylic acids is 1. The zero-order chi connectivity index (χ0) is 23.8. The van der Waals surface area contributed by atoms with E-state index in [-0.39, 0.29) is 19.3 Å². The quantitative estimate of drug-likeness (QED) is 0.251. The molecule has 0 radical (unpaired) electrons. The molecule has 178 valence electrons. The van der Waals surface area contributed by atoms with E-state index >= 15 is 0 Å². The van der Waals surface area contributed by atoms with E-state index in [9.17, 15) is 9.90 Å². The number of aliphatic hydroxyl groups excluding tert-OH is 1. The molecule has 0 fully saturated rings. The van der Waals surface area contributed by atoms with Crippen molar-refractivity contribution in [2.45, 2.75) is 71.6 Å². The number of rotatable bonds is 12. The van der Waals surface area contributed by atoms with Gasteiger partial charge in [-0.15, -0.1) is 0 Å². The fourth-order valence-corrected chi connectivity index (χ4v) is 4.23. The van der Waals surface area contributed by atoms with Crippen LogP contribution >= 0.6 is 0 Å². The van der Waals surface area contributed by atoms with E-state index in [0.29, 0.717) is 5.57 Å². The van der Waals surface area contributed by atoms with Gasteiger partial charge in [-0.3, -0.25) is 0 Å². The zero-order valence-corrected chi connectivity index (χ0v) is 20.2. The zero-order valence-electron chi connectivity index (χ0n) is 20.2. The summed E-state index contributed by atoms with van der Waals surface area (Å²) in [6.07, 6.45) is 8.61. The molecular weight excluding hydrogens is 414 g/mol. The van der Waals surface area contributed by atoms with Crippen LogP contribution in [0.5, 0.6) is 0 Å². The van der Waals surface area contributed by atoms with Crippen molar-refractivity contribution in [1.82, 2.24) is 4.57 Å². The van der Waals surface area contributed by atoms with Crippen LogP contribution in [0.2, 0.25) is 0 Å². The number of unbranched alkanes of at least 4 members (excludes halogenated alkanes) is 2. The molecule has 0 spiro atoms.